The molecule has 0 heteroatoms. The average molecular weight is 290 g/mol. The maximum absolute atomic E-state index is 2.88. The van der Waals surface area contributed by atoms with E-state index >= 15 is 0 Å². The van der Waals surface area contributed by atoms with E-state index in [-0.39, 0.29) is 0 Å². The lowest BCUT2D eigenvalue weighted by molar-refractivity contribution is 0.0391. The molecule has 0 nitrogen and oxygen atoms in total. The first kappa shape index (κ1) is 10.1. The van der Waals surface area contributed by atoms with Gasteiger partial charge in [-0.15, -0.1) is 0 Å². The monoisotopic (exact) mass is 290 g/mol. The molecule has 0 amide bonds. The van der Waals surface area contributed by atoms with Crippen molar-refractivity contribution in [2.24, 2.45) is 106 Å². The molecule has 0 heterocycles. The fourth-order valence-electron chi connectivity index (χ4n) is 15.5. The Morgan fingerprint density at radius 1 is 0.455 bits per heavy atom. The van der Waals surface area contributed by atoms with Crippen molar-refractivity contribution in [2.45, 2.75) is 26.7 Å². The van der Waals surface area contributed by atoms with Gasteiger partial charge < -0.3 is 0 Å². The summed E-state index contributed by atoms with van der Waals surface area (Å²) in [5.41, 5.74) is 1.73. The number of rotatable bonds is 0. The largest absolute Gasteiger partial charge is 0.0588 e. The third kappa shape index (κ3) is 0.501. The van der Waals surface area contributed by atoms with Gasteiger partial charge in [-0.3, -0.25) is 0 Å². The summed E-state index contributed by atoms with van der Waals surface area (Å²) in [5.74, 6) is 19.9. The third-order valence-electron chi connectivity index (χ3n) is 13.9. The lowest BCUT2D eigenvalue weighted by atomic mass is 9.61. The van der Waals surface area contributed by atoms with Crippen LogP contribution in [0.1, 0.15) is 26.7 Å². The molecule has 0 aromatic rings. The Hall–Kier alpha value is 0. The van der Waals surface area contributed by atoms with E-state index in [1.807, 2.05) is 0 Å². The predicted octanol–water partition coefficient (Wildman–Crippen LogP) is 3.77. The van der Waals surface area contributed by atoms with Gasteiger partial charge in [0, 0.05) is 0 Å². The minimum Gasteiger partial charge on any atom is -0.0588 e. The Labute approximate surface area is 132 Å². The Morgan fingerprint density at radius 3 is 1.09 bits per heavy atom. The molecule has 18 atom stereocenters. The molecule has 22 heavy (non-hydrogen) atoms. The SMILES string of the molecule is CC12C3[C@@H]4C[C@H]5C6[C@H]7C[C@@H]3[C@H]3[C@@H]7[C@H]7C(C8[C@@H]1[C@H]4[C@@H]5[C@H]8C67C)[C@H]32. The highest BCUT2D eigenvalue weighted by atomic mass is 15.0. The molecule has 0 spiro atoms. The van der Waals surface area contributed by atoms with Gasteiger partial charge >= 0.3 is 0 Å². The fourth-order valence-corrected chi connectivity index (χ4v) is 15.5. The van der Waals surface area contributed by atoms with Crippen LogP contribution in [0.2, 0.25) is 0 Å². The molecule has 0 aromatic heterocycles. The Balaban J connectivity index is 1.50. The van der Waals surface area contributed by atoms with E-state index in [0.29, 0.717) is 0 Å². The van der Waals surface area contributed by atoms with E-state index in [1.54, 1.807) is 12.8 Å². The zero-order chi connectivity index (χ0) is 13.7. The molecule has 0 radical (unpaired) electrons. The van der Waals surface area contributed by atoms with Gasteiger partial charge in [-0.2, -0.15) is 0 Å². The van der Waals surface area contributed by atoms with Gasteiger partial charge in [-0.25, -0.2) is 0 Å². The highest BCUT2D eigenvalue weighted by Crippen LogP contribution is 3.01. The van der Waals surface area contributed by atoms with Gasteiger partial charge in [0.1, 0.15) is 0 Å². The molecule has 6 unspecified atom stereocenters. The van der Waals surface area contributed by atoms with E-state index in [2.05, 4.69) is 13.8 Å². The fraction of sp³-hybridized carbons (Fsp3) is 1.00. The van der Waals surface area contributed by atoms with Crippen LogP contribution >= 0.6 is 0 Å². The highest BCUT2D eigenvalue weighted by Gasteiger charge is 2.97. The normalized spacial score (nSPS) is 98.5. The standard InChI is InChI=1S/C22H26/c1-21-15-5-3-7-11-9(5)17(21)13-14-18(21)10-6(15)4-8-12(10)20(14)22(2,16(7)8)19(11)13/h5-20H,3-4H2,1-2H3/t5-,6-,7-,8+,9-,10+,11-,12-,13?,14?,15?,16?,17+,18+,19-,20+,21?,22?/m1/s1. The molecule has 0 aliphatic heterocycles. The second-order valence-electron chi connectivity index (χ2n) is 12.5. The van der Waals surface area contributed by atoms with Crippen LogP contribution < -0.4 is 0 Å². The van der Waals surface area contributed by atoms with Gasteiger partial charge in [0.15, 0.2) is 0 Å². The van der Waals surface area contributed by atoms with E-state index in [4.69, 9.17) is 0 Å². The minimum absolute atomic E-state index is 0.863. The van der Waals surface area contributed by atoms with Crippen LogP contribution in [-0.2, 0) is 0 Å². The van der Waals surface area contributed by atoms with Crippen molar-refractivity contribution in [1.82, 2.24) is 0 Å². The van der Waals surface area contributed by atoms with Crippen LogP contribution in [0.15, 0.2) is 0 Å². The first-order chi connectivity index (χ1) is 10.7. The first-order valence-electron chi connectivity index (χ1n) is 10.7. The van der Waals surface area contributed by atoms with Gasteiger partial charge in [0.2, 0.25) is 0 Å². The van der Waals surface area contributed by atoms with Gasteiger partial charge in [0.05, 0.1) is 0 Å². The molecule has 10 fully saturated rings. The van der Waals surface area contributed by atoms with Crippen molar-refractivity contribution >= 4 is 0 Å². The summed E-state index contributed by atoms with van der Waals surface area (Å²) < 4.78 is 0. The number of fused-ring (bicyclic) bond motifs is 4. The molecule has 0 N–H and O–H groups in total. The zero-order valence-corrected chi connectivity index (χ0v) is 13.7. The Bertz CT molecular complexity index is 624. The Morgan fingerprint density at radius 2 is 0.773 bits per heavy atom. The topological polar surface area (TPSA) is 0 Å². The summed E-state index contributed by atoms with van der Waals surface area (Å²) >= 11 is 0. The maximum Gasteiger partial charge on any atom is -0.0224 e. The van der Waals surface area contributed by atoms with Crippen molar-refractivity contribution < 1.29 is 0 Å². The van der Waals surface area contributed by atoms with Crippen molar-refractivity contribution in [3.63, 3.8) is 0 Å². The summed E-state index contributed by atoms with van der Waals surface area (Å²) in [6.07, 6.45) is 3.46. The van der Waals surface area contributed by atoms with Crippen molar-refractivity contribution in [2.75, 3.05) is 0 Å². The molecule has 10 saturated carbocycles. The van der Waals surface area contributed by atoms with E-state index in [1.165, 1.54) is 94.7 Å². The lowest BCUT2D eigenvalue weighted by Crippen LogP contribution is -2.39. The second kappa shape index (κ2) is 2.19. The van der Waals surface area contributed by atoms with Crippen molar-refractivity contribution in [3.8, 4) is 0 Å². The number of hydrogen-bond acceptors (Lipinski definition) is 0. The smallest absolute Gasteiger partial charge is 0.0224 e. The summed E-state index contributed by atoms with van der Waals surface area (Å²) in [4.78, 5) is 0. The molecule has 10 aliphatic rings. The van der Waals surface area contributed by atoms with E-state index in [0.717, 1.165) is 10.8 Å². The van der Waals surface area contributed by atoms with Gasteiger partial charge in [-0.05, 0) is 118 Å². The average Bonchev–Trinajstić information content (AvgIpc) is 3.16. The Kier molecular flexibility index (Phi) is 1.00. The molecular weight excluding hydrogens is 264 g/mol. The van der Waals surface area contributed by atoms with Crippen LogP contribution in [0.4, 0.5) is 0 Å². The third-order valence-corrected chi connectivity index (χ3v) is 13.9. The molecule has 10 rings (SSSR count). The van der Waals surface area contributed by atoms with Crippen molar-refractivity contribution in [3.05, 3.63) is 0 Å². The van der Waals surface area contributed by atoms with Crippen LogP contribution in [0.3, 0.4) is 0 Å². The second-order valence-corrected chi connectivity index (χ2v) is 12.5. The summed E-state index contributed by atoms with van der Waals surface area (Å²) in [6.45, 7) is 5.76. The molecule has 10 aliphatic carbocycles. The molecule has 0 saturated heterocycles. The maximum atomic E-state index is 2.88. The van der Waals surface area contributed by atoms with Gasteiger partial charge in [-0.1, -0.05) is 13.8 Å². The van der Waals surface area contributed by atoms with Crippen LogP contribution in [0.5, 0.6) is 0 Å². The first-order valence-corrected chi connectivity index (χ1v) is 10.7. The molecule has 0 aromatic carbocycles. The van der Waals surface area contributed by atoms with Crippen molar-refractivity contribution in [1.29, 1.82) is 0 Å². The zero-order valence-electron chi connectivity index (χ0n) is 13.7. The summed E-state index contributed by atoms with van der Waals surface area (Å²) in [5, 5.41) is 0. The minimum atomic E-state index is 0.863. The molecule has 0 bridgehead atoms. The van der Waals surface area contributed by atoms with Crippen LogP contribution in [-0.4, -0.2) is 0 Å². The predicted molar refractivity (Wildman–Crippen MR) is 81.3 cm³/mol. The van der Waals surface area contributed by atoms with E-state index in [9.17, 15) is 0 Å². The molecular formula is C22H26. The van der Waals surface area contributed by atoms with Crippen LogP contribution in [0, 0.1) is 106 Å². The number of hydrogen-bond donors (Lipinski definition) is 0. The summed E-state index contributed by atoms with van der Waals surface area (Å²) in [6, 6.07) is 0. The molecule has 114 valence electrons. The lowest BCUT2D eigenvalue weighted by Gasteiger charge is -2.43. The highest BCUT2D eigenvalue weighted by molar-refractivity contribution is 5.44. The quantitative estimate of drug-likeness (QED) is 0.637. The van der Waals surface area contributed by atoms with Crippen LogP contribution in [0.25, 0.3) is 0 Å². The van der Waals surface area contributed by atoms with Gasteiger partial charge in [0.25, 0.3) is 0 Å². The van der Waals surface area contributed by atoms with E-state index < -0.39 is 0 Å². The summed E-state index contributed by atoms with van der Waals surface area (Å²) in [7, 11) is 0.